The molecule has 0 fully saturated rings. The molecule has 0 radical (unpaired) electrons. The van der Waals surface area contributed by atoms with E-state index in [1.165, 1.54) is 5.69 Å². The molecule has 94 valence electrons. The molecular formula is C13H17N5. The summed E-state index contributed by atoms with van der Waals surface area (Å²) in [6.45, 7) is 2.66. The zero-order valence-electron chi connectivity index (χ0n) is 10.3. The number of anilines is 1. The van der Waals surface area contributed by atoms with E-state index in [4.69, 9.17) is 10.7 Å². The van der Waals surface area contributed by atoms with E-state index in [1.54, 1.807) is 12.4 Å². The van der Waals surface area contributed by atoms with Gasteiger partial charge < -0.3 is 15.6 Å². The largest absolute Gasteiger partial charge is 0.356 e. The van der Waals surface area contributed by atoms with Crippen molar-refractivity contribution in [1.29, 1.82) is 0 Å². The number of hydrogen-bond donors (Lipinski definition) is 2. The maximum Gasteiger partial charge on any atom is 0.203 e. The third-order valence-electron chi connectivity index (χ3n) is 3.25. The fourth-order valence-corrected chi connectivity index (χ4v) is 2.43. The van der Waals surface area contributed by atoms with Crippen LogP contribution in [0.25, 0.3) is 11.3 Å². The zero-order valence-corrected chi connectivity index (χ0v) is 10.3. The van der Waals surface area contributed by atoms with Crippen LogP contribution in [-0.4, -0.2) is 27.6 Å². The van der Waals surface area contributed by atoms with Crippen molar-refractivity contribution < 1.29 is 0 Å². The van der Waals surface area contributed by atoms with Gasteiger partial charge in [0.25, 0.3) is 0 Å². The number of nitrogens with one attached hydrogen (secondary N) is 1. The van der Waals surface area contributed by atoms with Crippen LogP contribution in [0.3, 0.4) is 0 Å². The Balaban J connectivity index is 2.11. The molecule has 0 atom stereocenters. The van der Waals surface area contributed by atoms with Crippen molar-refractivity contribution in [2.24, 2.45) is 5.73 Å². The molecule has 5 nitrogen and oxygen atoms in total. The molecule has 0 spiro atoms. The summed E-state index contributed by atoms with van der Waals surface area (Å²) in [4.78, 5) is 8.76. The molecule has 0 amide bonds. The summed E-state index contributed by atoms with van der Waals surface area (Å²) < 4.78 is 2.26. The normalized spacial score (nSPS) is 14.1. The van der Waals surface area contributed by atoms with Gasteiger partial charge in [-0.05, 0) is 25.1 Å². The van der Waals surface area contributed by atoms with Crippen LogP contribution in [0.5, 0.6) is 0 Å². The summed E-state index contributed by atoms with van der Waals surface area (Å²) >= 11 is 0. The Bertz CT molecular complexity index is 532. The molecule has 3 heterocycles. The van der Waals surface area contributed by atoms with Gasteiger partial charge in [-0.15, -0.1) is 0 Å². The third kappa shape index (κ3) is 1.86. The lowest BCUT2D eigenvalue weighted by Crippen LogP contribution is -2.19. The van der Waals surface area contributed by atoms with Crippen LogP contribution in [0, 0.1) is 0 Å². The number of rotatable bonds is 3. The number of pyridine rings is 1. The number of nitrogens with two attached hydrogens (primary N) is 1. The second-order valence-corrected chi connectivity index (χ2v) is 4.44. The molecule has 1 aliphatic heterocycles. The first-order chi connectivity index (χ1) is 8.90. The number of fused-ring (bicyclic) bond motifs is 1. The molecule has 2 aromatic rings. The Morgan fingerprint density at radius 3 is 2.94 bits per heavy atom. The lowest BCUT2D eigenvalue weighted by atomic mass is 10.1. The van der Waals surface area contributed by atoms with E-state index in [-0.39, 0.29) is 0 Å². The summed E-state index contributed by atoms with van der Waals surface area (Å²) in [6, 6.07) is 3.99. The monoisotopic (exact) mass is 243 g/mol. The average Bonchev–Trinajstić information content (AvgIpc) is 2.80. The smallest absolute Gasteiger partial charge is 0.203 e. The predicted molar refractivity (Wildman–Crippen MR) is 71.3 cm³/mol. The van der Waals surface area contributed by atoms with Gasteiger partial charge >= 0.3 is 0 Å². The molecule has 3 rings (SSSR count). The van der Waals surface area contributed by atoms with E-state index in [0.29, 0.717) is 6.54 Å². The standard InChI is InChI=1S/C13H17N5/c14-5-2-11-12(10-3-7-15-8-4-10)17-13-16-6-1-9-18(11)13/h3-4,7-8H,1-2,5-6,9,14H2,(H,16,17). The summed E-state index contributed by atoms with van der Waals surface area (Å²) in [5.74, 6) is 0.969. The lowest BCUT2D eigenvalue weighted by Gasteiger charge is -2.17. The summed E-state index contributed by atoms with van der Waals surface area (Å²) in [6.07, 6.45) is 5.59. The minimum Gasteiger partial charge on any atom is -0.356 e. The van der Waals surface area contributed by atoms with E-state index in [9.17, 15) is 0 Å². The molecule has 0 saturated heterocycles. The Hall–Kier alpha value is -1.88. The van der Waals surface area contributed by atoms with Crippen LogP contribution in [0.2, 0.25) is 0 Å². The first-order valence-electron chi connectivity index (χ1n) is 6.34. The van der Waals surface area contributed by atoms with Gasteiger partial charge in [-0.2, -0.15) is 0 Å². The highest BCUT2D eigenvalue weighted by molar-refractivity contribution is 5.64. The van der Waals surface area contributed by atoms with Crippen LogP contribution in [0.15, 0.2) is 24.5 Å². The van der Waals surface area contributed by atoms with Gasteiger partial charge in [0.05, 0.1) is 5.69 Å². The highest BCUT2D eigenvalue weighted by Crippen LogP contribution is 2.28. The van der Waals surface area contributed by atoms with Crippen LogP contribution >= 0.6 is 0 Å². The SMILES string of the molecule is NCCc1c(-c2ccncc2)nc2n1CCCN2. The maximum atomic E-state index is 5.73. The van der Waals surface area contributed by atoms with Crippen molar-refractivity contribution >= 4 is 5.95 Å². The molecule has 5 heteroatoms. The molecule has 0 aromatic carbocycles. The van der Waals surface area contributed by atoms with Crippen LogP contribution in [0.4, 0.5) is 5.95 Å². The van der Waals surface area contributed by atoms with Crippen molar-refractivity contribution in [1.82, 2.24) is 14.5 Å². The molecule has 18 heavy (non-hydrogen) atoms. The Morgan fingerprint density at radius 1 is 1.33 bits per heavy atom. The predicted octanol–water partition coefficient (Wildman–Crippen LogP) is 1.26. The first kappa shape index (κ1) is 11.2. The fraction of sp³-hybridized carbons (Fsp3) is 0.385. The van der Waals surface area contributed by atoms with Crippen LogP contribution in [0.1, 0.15) is 12.1 Å². The number of nitrogens with zero attached hydrogens (tertiary/aromatic N) is 3. The Kier molecular flexibility index (Phi) is 2.98. The van der Waals surface area contributed by atoms with Crippen LogP contribution in [-0.2, 0) is 13.0 Å². The molecule has 0 unspecified atom stereocenters. The van der Waals surface area contributed by atoms with Crippen LogP contribution < -0.4 is 11.1 Å². The lowest BCUT2D eigenvalue weighted by molar-refractivity contribution is 0.603. The van der Waals surface area contributed by atoms with Crippen molar-refractivity contribution in [2.45, 2.75) is 19.4 Å². The number of aromatic nitrogens is 3. The van der Waals surface area contributed by atoms with Gasteiger partial charge in [-0.25, -0.2) is 4.98 Å². The average molecular weight is 243 g/mol. The van der Waals surface area contributed by atoms with Crippen molar-refractivity contribution in [3.63, 3.8) is 0 Å². The van der Waals surface area contributed by atoms with Gasteiger partial charge in [0.1, 0.15) is 0 Å². The van der Waals surface area contributed by atoms with Gasteiger partial charge in [0.15, 0.2) is 0 Å². The fourth-order valence-electron chi connectivity index (χ4n) is 2.43. The maximum absolute atomic E-state index is 5.73. The topological polar surface area (TPSA) is 68.8 Å². The van der Waals surface area contributed by atoms with E-state index in [2.05, 4.69) is 14.9 Å². The minimum absolute atomic E-state index is 0.642. The number of hydrogen-bond acceptors (Lipinski definition) is 4. The minimum atomic E-state index is 0.642. The van der Waals surface area contributed by atoms with E-state index < -0.39 is 0 Å². The molecular weight excluding hydrogens is 226 g/mol. The highest BCUT2D eigenvalue weighted by atomic mass is 15.2. The van der Waals surface area contributed by atoms with Gasteiger partial charge in [0, 0.05) is 43.2 Å². The molecule has 0 aliphatic carbocycles. The summed E-state index contributed by atoms with van der Waals surface area (Å²) in [5.41, 5.74) is 9.10. The van der Waals surface area contributed by atoms with E-state index >= 15 is 0 Å². The highest BCUT2D eigenvalue weighted by Gasteiger charge is 2.19. The molecule has 2 aromatic heterocycles. The van der Waals surface area contributed by atoms with E-state index in [0.717, 1.165) is 43.1 Å². The first-order valence-corrected chi connectivity index (χ1v) is 6.34. The van der Waals surface area contributed by atoms with Crippen molar-refractivity contribution in [3.05, 3.63) is 30.2 Å². The van der Waals surface area contributed by atoms with Crippen molar-refractivity contribution in [2.75, 3.05) is 18.4 Å². The molecule has 3 N–H and O–H groups in total. The van der Waals surface area contributed by atoms with Gasteiger partial charge in [-0.3, -0.25) is 4.98 Å². The quantitative estimate of drug-likeness (QED) is 0.851. The summed E-state index contributed by atoms with van der Waals surface area (Å²) in [7, 11) is 0. The van der Waals surface area contributed by atoms with E-state index in [1.807, 2.05) is 12.1 Å². The van der Waals surface area contributed by atoms with Gasteiger partial charge in [-0.1, -0.05) is 0 Å². The Morgan fingerprint density at radius 2 is 2.17 bits per heavy atom. The second kappa shape index (κ2) is 4.78. The molecule has 0 saturated carbocycles. The molecule has 1 aliphatic rings. The van der Waals surface area contributed by atoms with Gasteiger partial charge in [0.2, 0.25) is 5.95 Å². The summed E-state index contributed by atoms with van der Waals surface area (Å²) in [5, 5.41) is 3.35. The second-order valence-electron chi connectivity index (χ2n) is 4.44. The Labute approximate surface area is 106 Å². The molecule has 0 bridgehead atoms. The third-order valence-corrected chi connectivity index (χ3v) is 3.25. The zero-order chi connectivity index (χ0) is 12.4. The number of imidazole rings is 1. The van der Waals surface area contributed by atoms with Crippen molar-refractivity contribution in [3.8, 4) is 11.3 Å².